The molecule has 0 saturated heterocycles. The lowest BCUT2D eigenvalue weighted by atomic mass is 9.97. The van der Waals surface area contributed by atoms with Crippen LogP contribution in [0.1, 0.15) is 23.1 Å². The summed E-state index contributed by atoms with van der Waals surface area (Å²) in [5, 5.41) is 3.51. The smallest absolute Gasteiger partial charge is 0.0429 e. The van der Waals surface area contributed by atoms with E-state index in [1.165, 1.54) is 40.9 Å². The number of rotatable bonds is 3. The van der Waals surface area contributed by atoms with Crippen molar-refractivity contribution in [2.45, 2.75) is 26.3 Å². The standard InChI is InChI=1S/C18H22N2/c1-14-6-3-8-16(12-14)20(2)13-15-7-4-10-18-17(15)9-5-11-19-18/h3-4,6-8,10,12,19H,5,9,11,13H2,1-2H3. The molecule has 0 fully saturated rings. The highest BCUT2D eigenvalue weighted by Gasteiger charge is 2.13. The lowest BCUT2D eigenvalue weighted by Crippen LogP contribution is -2.20. The number of benzene rings is 2. The molecule has 0 unspecified atom stereocenters. The quantitative estimate of drug-likeness (QED) is 0.903. The number of nitrogens with zero attached hydrogens (tertiary/aromatic N) is 1. The Morgan fingerprint density at radius 2 is 2.00 bits per heavy atom. The van der Waals surface area contributed by atoms with Crippen molar-refractivity contribution < 1.29 is 0 Å². The predicted molar refractivity (Wildman–Crippen MR) is 86.5 cm³/mol. The van der Waals surface area contributed by atoms with Gasteiger partial charge in [0.2, 0.25) is 0 Å². The SMILES string of the molecule is Cc1cccc(N(C)Cc2cccc3c2CCCN3)c1. The Bertz CT molecular complexity index is 604. The highest BCUT2D eigenvalue weighted by molar-refractivity contribution is 5.57. The lowest BCUT2D eigenvalue weighted by Gasteiger charge is -2.25. The highest BCUT2D eigenvalue weighted by atomic mass is 15.1. The molecule has 3 rings (SSSR count). The van der Waals surface area contributed by atoms with Gasteiger partial charge in [0.1, 0.15) is 0 Å². The molecule has 0 aliphatic carbocycles. The van der Waals surface area contributed by atoms with Crippen LogP contribution in [0.25, 0.3) is 0 Å². The number of hydrogen-bond donors (Lipinski definition) is 1. The molecule has 0 spiro atoms. The van der Waals surface area contributed by atoms with Crippen LogP contribution >= 0.6 is 0 Å². The van der Waals surface area contributed by atoms with Crippen LogP contribution in [0.2, 0.25) is 0 Å². The van der Waals surface area contributed by atoms with Gasteiger partial charge in [0, 0.05) is 31.5 Å². The summed E-state index contributed by atoms with van der Waals surface area (Å²) < 4.78 is 0. The first-order valence-corrected chi connectivity index (χ1v) is 7.36. The largest absolute Gasteiger partial charge is 0.385 e. The van der Waals surface area contributed by atoms with Gasteiger partial charge in [-0.25, -0.2) is 0 Å². The molecule has 2 aromatic carbocycles. The van der Waals surface area contributed by atoms with Gasteiger partial charge in [0.05, 0.1) is 0 Å². The van der Waals surface area contributed by atoms with E-state index in [4.69, 9.17) is 0 Å². The van der Waals surface area contributed by atoms with Gasteiger partial charge in [-0.2, -0.15) is 0 Å². The zero-order valence-electron chi connectivity index (χ0n) is 12.3. The van der Waals surface area contributed by atoms with Gasteiger partial charge in [0.15, 0.2) is 0 Å². The number of nitrogens with one attached hydrogen (secondary N) is 1. The van der Waals surface area contributed by atoms with Crippen molar-refractivity contribution in [1.82, 2.24) is 0 Å². The molecule has 0 atom stereocenters. The van der Waals surface area contributed by atoms with Crippen molar-refractivity contribution in [3.8, 4) is 0 Å². The van der Waals surface area contributed by atoms with Gasteiger partial charge in [-0.15, -0.1) is 0 Å². The molecule has 2 heteroatoms. The van der Waals surface area contributed by atoms with E-state index >= 15 is 0 Å². The molecule has 0 amide bonds. The number of fused-ring (bicyclic) bond motifs is 1. The molecular formula is C18H22N2. The van der Waals surface area contributed by atoms with Crippen LogP contribution in [0.5, 0.6) is 0 Å². The predicted octanol–water partition coefficient (Wildman–Crippen LogP) is 3.99. The zero-order valence-corrected chi connectivity index (χ0v) is 12.3. The molecule has 0 aromatic heterocycles. The maximum atomic E-state index is 3.51. The Labute approximate surface area is 121 Å². The van der Waals surface area contributed by atoms with Crippen LogP contribution < -0.4 is 10.2 Å². The van der Waals surface area contributed by atoms with E-state index in [1.807, 2.05) is 0 Å². The monoisotopic (exact) mass is 266 g/mol. The summed E-state index contributed by atoms with van der Waals surface area (Å²) in [4.78, 5) is 2.33. The average Bonchev–Trinajstić information content (AvgIpc) is 2.47. The van der Waals surface area contributed by atoms with Crippen molar-refractivity contribution >= 4 is 11.4 Å². The summed E-state index contributed by atoms with van der Waals surface area (Å²) >= 11 is 0. The molecule has 2 nitrogen and oxygen atoms in total. The first-order valence-electron chi connectivity index (χ1n) is 7.36. The van der Waals surface area contributed by atoms with Gasteiger partial charge in [-0.1, -0.05) is 24.3 Å². The van der Waals surface area contributed by atoms with Gasteiger partial charge in [-0.3, -0.25) is 0 Å². The molecule has 0 bridgehead atoms. The maximum Gasteiger partial charge on any atom is 0.0429 e. The first kappa shape index (κ1) is 13.0. The summed E-state index contributed by atoms with van der Waals surface area (Å²) in [6.07, 6.45) is 2.43. The lowest BCUT2D eigenvalue weighted by molar-refractivity contribution is 0.804. The van der Waals surface area contributed by atoms with Crippen molar-refractivity contribution in [3.05, 3.63) is 59.2 Å². The van der Waals surface area contributed by atoms with E-state index in [9.17, 15) is 0 Å². The van der Waals surface area contributed by atoms with Gasteiger partial charge in [-0.05, 0) is 54.7 Å². The molecule has 1 aliphatic rings. The third-order valence-corrected chi connectivity index (χ3v) is 4.04. The van der Waals surface area contributed by atoms with Gasteiger partial charge >= 0.3 is 0 Å². The van der Waals surface area contributed by atoms with Crippen LogP contribution in [-0.2, 0) is 13.0 Å². The molecule has 0 radical (unpaired) electrons. The van der Waals surface area contributed by atoms with E-state index in [1.54, 1.807) is 0 Å². The second kappa shape index (κ2) is 5.58. The Balaban J connectivity index is 1.84. The third kappa shape index (κ3) is 2.64. The molecule has 1 heterocycles. The van der Waals surface area contributed by atoms with Crippen LogP contribution in [0.4, 0.5) is 11.4 Å². The van der Waals surface area contributed by atoms with Crippen molar-refractivity contribution in [2.24, 2.45) is 0 Å². The number of hydrogen-bond acceptors (Lipinski definition) is 2. The maximum absolute atomic E-state index is 3.51. The summed E-state index contributed by atoms with van der Waals surface area (Å²) in [6, 6.07) is 15.3. The van der Waals surface area contributed by atoms with E-state index in [0.717, 1.165) is 13.1 Å². The second-order valence-electron chi connectivity index (χ2n) is 5.67. The van der Waals surface area contributed by atoms with Crippen LogP contribution in [0.15, 0.2) is 42.5 Å². The minimum atomic E-state index is 0.967. The normalized spacial score (nSPS) is 13.5. The van der Waals surface area contributed by atoms with Gasteiger partial charge < -0.3 is 10.2 Å². The van der Waals surface area contributed by atoms with E-state index < -0.39 is 0 Å². The molecule has 20 heavy (non-hydrogen) atoms. The minimum absolute atomic E-state index is 0.967. The molecule has 1 N–H and O–H groups in total. The third-order valence-electron chi connectivity index (χ3n) is 4.04. The Morgan fingerprint density at radius 3 is 2.85 bits per heavy atom. The summed E-state index contributed by atoms with van der Waals surface area (Å²) in [6.45, 7) is 4.21. The van der Waals surface area contributed by atoms with Crippen molar-refractivity contribution in [2.75, 3.05) is 23.8 Å². The van der Waals surface area contributed by atoms with E-state index in [0.29, 0.717) is 0 Å². The molecule has 1 aliphatic heterocycles. The van der Waals surface area contributed by atoms with Crippen molar-refractivity contribution in [1.29, 1.82) is 0 Å². The summed E-state index contributed by atoms with van der Waals surface area (Å²) in [5.74, 6) is 0. The Kier molecular flexibility index (Phi) is 3.64. The fourth-order valence-corrected chi connectivity index (χ4v) is 2.94. The molecule has 104 valence electrons. The fourth-order valence-electron chi connectivity index (χ4n) is 2.94. The first-order chi connectivity index (χ1) is 9.74. The zero-order chi connectivity index (χ0) is 13.9. The van der Waals surface area contributed by atoms with E-state index in [2.05, 4.69) is 66.7 Å². The van der Waals surface area contributed by atoms with Crippen LogP contribution in [0, 0.1) is 6.92 Å². The number of anilines is 2. The Hall–Kier alpha value is -1.96. The number of aryl methyl sites for hydroxylation is 1. The molecular weight excluding hydrogens is 244 g/mol. The average molecular weight is 266 g/mol. The van der Waals surface area contributed by atoms with Crippen LogP contribution in [0.3, 0.4) is 0 Å². The van der Waals surface area contributed by atoms with E-state index in [-0.39, 0.29) is 0 Å². The van der Waals surface area contributed by atoms with Crippen LogP contribution in [-0.4, -0.2) is 13.6 Å². The fraction of sp³-hybridized carbons (Fsp3) is 0.333. The van der Waals surface area contributed by atoms with Crippen molar-refractivity contribution in [3.63, 3.8) is 0 Å². The topological polar surface area (TPSA) is 15.3 Å². The molecule has 0 saturated carbocycles. The molecule has 2 aromatic rings. The highest BCUT2D eigenvalue weighted by Crippen LogP contribution is 2.27. The summed E-state index contributed by atoms with van der Waals surface area (Å²) in [5.41, 5.74) is 6.86. The summed E-state index contributed by atoms with van der Waals surface area (Å²) in [7, 11) is 2.17. The second-order valence-corrected chi connectivity index (χ2v) is 5.67. The minimum Gasteiger partial charge on any atom is -0.385 e. The Morgan fingerprint density at radius 1 is 1.15 bits per heavy atom. The van der Waals surface area contributed by atoms with Gasteiger partial charge in [0.25, 0.3) is 0 Å².